The van der Waals surface area contributed by atoms with Crippen molar-refractivity contribution in [2.75, 3.05) is 0 Å². The third-order valence-electron chi connectivity index (χ3n) is 3.43. The van der Waals surface area contributed by atoms with Crippen LogP contribution in [0.4, 0.5) is 0 Å². The van der Waals surface area contributed by atoms with Crippen LogP contribution in [-0.4, -0.2) is 15.2 Å². The molecule has 3 rings (SSSR count). The predicted molar refractivity (Wildman–Crippen MR) is 91.8 cm³/mol. The number of aryl methyl sites for hydroxylation is 1. The van der Waals surface area contributed by atoms with Crippen molar-refractivity contribution in [2.24, 2.45) is 0 Å². The summed E-state index contributed by atoms with van der Waals surface area (Å²) in [4.78, 5) is 17.4. The molecule has 0 saturated carbocycles. The van der Waals surface area contributed by atoms with Crippen LogP contribution in [0.5, 0.6) is 0 Å². The summed E-state index contributed by atoms with van der Waals surface area (Å²) in [6.07, 6.45) is 3.84. The van der Waals surface area contributed by atoms with Gasteiger partial charge in [0.25, 0.3) is 0 Å². The van der Waals surface area contributed by atoms with Crippen molar-refractivity contribution in [1.29, 1.82) is 0 Å². The van der Waals surface area contributed by atoms with Crippen LogP contribution < -0.4 is 0 Å². The van der Waals surface area contributed by atoms with E-state index in [2.05, 4.69) is 34.5 Å². The number of carbonyl (C=O) groups excluding carboxylic acids is 1. The van der Waals surface area contributed by atoms with Crippen molar-refractivity contribution in [1.82, 2.24) is 9.38 Å². The average Bonchev–Trinajstić information content (AvgIpc) is 2.87. The lowest BCUT2D eigenvalue weighted by Crippen LogP contribution is -2.04. The Labute approximate surface area is 137 Å². The lowest BCUT2D eigenvalue weighted by atomic mass is 10.1. The molecule has 21 heavy (non-hydrogen) atoms. The van der Waals surface area contributed by atoms with Crippen LogP contribution in [0, 0.1) is 3.57 Å². The summed E-state index contributed by atoms with van der Waals surface area (Å²) in [5.74, 6) is 0.938. The van der Waals surface area contributed by atoms with E-state index in [9.17, 15) is 4.79 Å². The number of rotatable bonds is 4. The fourth-order valence-electron chi connectivity index (χ4n) is 2.44. The zero-order valence-electron chi connectivity index (χ0n) is 11.7. The summed E-state index contributed by atoms with van der Waals surface area (Å²) in [5, 5.41) is 0. The van der Waals surface area contributed by atoms with Gasteiger partial charge in [-0.1, -0.05) is 25.1 Å². The molecule has 0 radical (unpaired) electrons. The van der Waals surface area contributed by atoms with Gasteiger partial charge in [0.15, 0.2) is 0 Å². The molecule has 0 spiro atoms. The molecular formula is C17H15IN2O. The van der Waals surface area contributed by atoms with Gasteiger partial charge < -0.3 is 4.40 Å². The van der Waals surface area contributed by atoms with E-state index in [-0.39, 0.29) is 5.78 Å². The number of benzene rings is 1. The number of carbonyl (C=O) groups is 1. The van der Waals surface area contributed by atoms with E-state index < -0.39 is 0 Å². The molecule has 106 valence electrons. The summed E-state index contributed by atoms with van der Waals surface area (Å²) in [6.45, 7) is 2.12. The highest BCUT2D eigenvalue weighted by atomic mass is 127. The van der Waals surface area contributed by atoms with Gasteiger partial charge in [0.2, 0.25) is 5.78 Å². The average molecular weight is 390 g/mol. The van der Waals surface area contributed by atoms with Crippen molar-refractivity contribution in [2.45, 2.75) is 19.8 Å². The van der Waals surface area contributed by atoms with Gasteiger partial charge in [-0.05, 0) is 53.3 Å². The first-order chi connectivity index (χ1) is 10.2. The Morgan fingerprint density at radius 1 is 1.19 bits per heavy atom. The second kappa shape index (κ2) is 5.97. The van der Waals surface area contributed by atoms with Crippen LogP contribution in [0.25, 0.3) is 5.52 Å². The van der Waals surface area contributed by atoms with Crippen molar-refractivity contribution in [3.63, 3.8) is 0 Å². The van der Waals surface area contributed by atoms with Crippen LogP contribution in [0.15, 0.2) is 48.7 Å². The van der Waals surface area contributed by atoms with Gasteiger partial charge in [-0.2, -0.15) is 0 Å². The van der Waals surface area contributed by atoms with Crippen LogP contribution in [-0.2, 0) is 6.42 Å². The minimum absolute atomic E-state index is 0.00828. The molecule has 0 atom stereocenters. The zero-order chi connectivity index (χ0) is 14.8. The fraction of sp³-hybridized carbons (Fsp3) is 0.176. The summed E-state index contributed by atoms with van der Waals surface area (Å²) < 4.78 is 2.97. The zero-order valence-corrected chi connectivity index (χ0v) is 13.9. The molecule has 1 aromatic carbocycles. The summed E-state index contributed by atoms with van der Waals surface area (Å²) in [7, 11) is 0. The molecule has 0 aliphatic rings. The number of pyridine rings is 1. The van der Waals surface area contributed by atoms with E-state index in [0.29, 0.717) is 11.3 Å². The second-order valence-corrected chi connectivity index (χ2v) is 6.05. The monoisotopic (exact) mass is 390 g/mol. The van der Waals surface area contributed by atoms with Gasteiger partial charge in [0.05, 0.1) is 5.52 Å². The maximum absolute atomic E-state index is 12.8. The van der Waals surface area contributed by atoms with Gasteiger partial charge in [-0.25, -0.2) is 4.98 Å². The molecule has 2 heterocycles. The van der Waals surface area contributed by atoms with E-state index >= 15 is 0 Å². The van der Waals surface area contributed by atoms with E-state index in [1.54, 1.807) is 0 Å². The lowest BCUT2D eigenvalue weighted by Gasteiger charge is -2.01. The quantitative estimate of drug-likeness (QED) is 0.496. The van der Waals surface area contributed by atoms with E-state index in [4.69, 9.17) is 0 Å². The molecule has 3 nitrogen and oxygen atoms in total. The second-order valence-electron chi connectivity index (χ2n) is 4.89. The van der Waals surface area contributed by atoms with Gasteiger partial charge >= 0.3 is 0 Å². The first-order valence-corrected chi connectivity index (χ1v) is 8.05. The third kappa shape index (κ3) is 2.60. The molecule has 0 N–H and O–H groups in total. The molecular weight excluding hydrogens is 375 g/mol. The van der Waals surface area contributed by atoms with Gasteiger partial charge in [-0.3, -0.25) is 4.79 Å². The third-order valence-corrected chi connectivity index (χ3v) is 4.37. The fourth-order valence-corrected chi connectivity index (χ4v) is 3.07. The van der Waals surface area contributed by atoms with Crippen LogP contribution in [0.1, 0.15) is 35.2 Å². The number of hydrogen-bond acceptors (Lipinski definition) is 2. The van der Waals surface area contributed by atoms with Crippen LogP contribution in [0.2, 0.25) is 0 Å². The normalized spacial score (nSPS) is 11.0. The van der Waals surface area contributed by atoms with Crippen molar-refractivity contribution < 1.29 is 4.79 Å². The standard InChI is InChI=1S/C17H15IN2O/c1-2-7-15-19-16(14-10-5-6-11-20(14)15)17(21)12-8-3-4-9-13(12)18/h3-6,8-11H,2,7H2,1H3. The number of nitrogens with zero attached hydrogens (tertiary/aromatic N) is 2. The molecule has 0 aliphatic heterocycles. The van der Waals surface area contributed by atoms with Crippen molar-refractivity contribution in [3.05, 3.63) is 69.3 Å². The number of hydrogen-bond donors (Lipinski definition) is 0. The van der Waals surface area contributed by atoms with E-state index in [1.165, 1.54) is 0 Å². The molecule has 3 aromatic rings. The van der Waals surface area contributed by atoms with E-state index in [1.807, 2.05) is 53.1 Å². The van der Waals surface area contributed by atoms with Gasteiger partial charge in [0, 0.05) is 21.8 Å². The first kappa shape index (κ1) is 14.3. The van der Waals surface area contributed by atoms with E-state index in [0.717, 1.165) is 27.8 Å². The summed E-state index contributed by atoms with van der Waals surface area (Å²) >= 11 is 2.19. The van der Waals surface area contributed by atoms with Gasteiger partial charge in [0.1, 0.15) is 11.5 Å². The first-order valence-electron chi connectivity index (χ1n) is 6.97. The lowest BCUT2D eigenvalue weighted by molar-refractivity contribution is 0.103. The van der Waals surface area contributed by atoms with Crippen LogP contribution in [0.3, 0.4) is 0 Å². The van der Waals surface area contributed by atoms with Crippen molar-refractivity contribution in [3.8, 4) is 0 Å². The molecule has 2 aromatic heterocycles. The highest BCUT2D eigenvalue weighted by Gasteiger charge is 2.19. The number of halogens is 1. The summed E-state index contributed by atoms with van der Waals surface area (Å²) in [6, 6.07) is 13.5. The number of ketones is 1. The number of fused-ring (bicyclic) bond motifs is 1. The molecule has 0 aliphatic carbocycles. The Bertz CT molecular complexity index is 807. The molecule has 0 fully saturated rings. The summed E-state index contributed by atoms with van der Waals surface area (Å²) in [5.41, 5.74) is 2.14. The Morgan fingerprint density at radius 3 is 2.71 bits per heavy atom. The Morgan fingerprint density at radius 2 is 1.95 bits per heavy atom. The topological polar surface area (TPSA) is 34.4 Å². The Hall–Kier alpha value is -1.69. The smallest absolute Gasteiger partial charge is 0.214 e. The predicted octanol–water partition coefficient (Wildman–Crippen LogP) is 4.12. The minimum atomic E-state index is -0.00828. The molecule has 0 unspecified atom stereocenters. The highest BCUT2D eigenvalue weighted by molar-refractivity contribution is 14.1. The Balaban J connectivity index is 2.17. The maximum atomic E-state index is 12.8. The van der Waals surface area contributed by atoms with Crippen molar-refractivity contribution >= 4 is 33.9 Å². The highest BCUT2D eigenvalue weighted by Crippen LogP contribution is 2.21. The maximum Gasteiger partial charge on any atom is 0.214 e. The number of imidazole rings is 1. The molecule has 0 amide bonds. The Kier molecular flexibility index (Phi) is 4.05. The largest absolute Gasteiger partial charge is 0.303 e. The molecule has 4 heteroatoms. The SMILES string of the molecule is CCCc1nc(C(=O)c2ccccc2I)c2ccccn12. The minimum Gasteiger partial charge on any atom is -0.303 e. The van der Waals surface area contributed by atoms with Gasteiger partial charge in [-0.15, -0.1) is 0 Å². The molecule has 0 saturated heterocycles. The number of aromatic nitrogens is 2. The van der Waals surface area contributed by atoms with Crippen LogP contribution >= 0.6 is 22.6 Å². The molecule has 0 bridgehead atoms.